The summed E-state index contributed by atoms with van der Waals surface area (Å²) in [5.74, 6) is 1.30. The molecule has 0 spiro atoms. The molecule has 14 heteroatoms. The summed E-state index contributed by atoms with van der Waals surface area (Å²) < 4.78 is 19.3. The lowest BCUT2D eigenvalue weighted by Crippen LogP contribution is -2.44. The number of hydrogen-bond acceptors (Lipinski definition) is 11. The second kappa shape index (κ2) is 12.3. The highest BCUT2D eigenvalue weighted by atomic mass is 31.2. The third kappa shape index (κ3) is 6.27. The highest BCUT2D eigenvalue weighted by molar-refractivity contribution is 7.71. The van der Waals surface area contributed by atoms with Crippen LogP contribution in [0.25, 0.3) is 22.1 Å². The molecule has 1 fully saturated rings. The van der Waals surface area contributed by atoms with E-state index in [1.807, 2.05) is 37.3 Å². The van der Waals surface area contributed by atoms with Gasteiger partial charge in [0.2, 0.25) is 11.9 Å². The van der Waals surface area contributed by atoms with Crippen molar-refractivity contribution in [1.82, 2.24) is 29.8 Å². The van der Waals surface area contributed by atoms with Crippen LogP contribution < -0.4 is 30.9 Å². The monoisotopic (exact) mass is 628 g/mol. The summed E-state index contributed by atoms with van der Waals surface area (Å²) >= 11 is 0. The highest BCUT2D eigenvalue weighted by Crippen LogP contribution is 2.42. The van der Waals surface area contributed by atoms with Gasteiger partial charge in [-0.2, -0.15) is 9.97 Å². The average Bonchev–Trinajstić information content (AvgIpc) is 3.50. The number of methoxy groups -OCH3 is 1. The molecule has 234 valence electrons. The largest absolute Gasteiger partial charge is 0.494 e. The fourth-order valence-corrected chi connectivity index (χ4v) is 6.88. The lowest BCUT2D eigenvalue weighted by atomic mass is 10.1. The maximum absolute atomic E-state index is 13.5. The third-order valence-electron chi connectivity index (χ3n) is 7.82. The molecule has 3 aromatic heterocycles. The highest BCUT2D eigenvalue weighted by Gasteiger charge is 2.24. The van der Waals surface area contributed by atoms with E-state index < -0.39 is 7.14 Å². The van der Waals surface area contributed by atoms with E-state index in [1.165, 1.54) is 0 Å². The van der Waals surface area contributed by atoms with E-state index in [2.05, 4.69) is 47.7 Å². The van der Waals surface area contributed by atoms with Gasteiger partial charge in [0, 0.05) is 57.3 Å². The van der Waals surface area contributed by atoms with Gasteiger partial charge in [0.25, 0.3) is 0 Å². The number of H-pyrrole nitrogens is 1. The Morgan fingerprint density at radius 1 is 1.00 bits per heavy atom. The zero-order valence-corrected chi connectivity index (χ0v) is 26.9. The number of ether oxygens (including phenoxy) is 1. The number of hydrogen-bond donors (Lipinski definition) is 4. The van der Waals surface area contributed by atoms with E-state index in [4.69, 9.17) is 14.7 Å². The molecule has 4 N–H and O–H groups in total. The van der Waals surface area contributed by atoms with Crippen molar-refractivity contribution in [3.05, 3.63) is 48.9 Å². The fraction of sp³-hybridized carbons (Fsp3) is 0.323. The van der Waals surface area contributed by atoms with Gasteiger partial charge in [0.1, 0.15) is 29.9 Å². The maximum Gasteiger partial charge on any atom is 0.231 e. The van der Waals surface area contributed by atoms with Gasteiger partial charge in [-0.1, -0.05) is 6.92 Å². The Balaban J connectivity index is 1.40. The first-order chi connectivity index (χ1) is 21.6. The number of aromatic nitrogens is 5. The summed E-state index contributed by atoms with van der Waals surface area (Å²) in [6.45, 7) is 8.74. The molecule has 45 heavy (non-hydrogen) atoms. The van der Waals surface area contributed by atoms with Crippen LogP contribution in [0.1, 0.15) is 13.3 Å². The molecule has 0 atom stereocenters. The molecule has 1 aliphatic heterocycles. The number of benzene rings is 2. The van der Waals surface area contributed by atoms with Crippen molar-refractivity contribution in [2.24, 2.45) is 0 Å². The number of carbonyl (C=O) groups excluding carboxylic acids is 1. The maximum atomic E-state index is 13.5. The van der Waals surface area contributed by atoms with Gasteiger partial charge in [-0.05, 0) is 44.6 Å². The van der Waals surface area contributed by atoms with Crippen LogP contribution in [0.2, 0.25) is 0 Å². The Kier molecular flexibility index (Phi) is 8.30. The number of likely N-dealkylation sites (N-methyl/N-ethyl adjacent to an activating group) is 1. The Hall–Kier alpha value is -4.74. The zero-order chi connectivity index (χ0) is 31.7. The summed E-state index contributed by atoms with van der Waals surface area (Å²) in [4.78, 5) is 38.7. The molecule has 1 aliphatic rings. The molecular formula is C31H37N10O3P. The van der Waals surface area contributed by atoms with Crippen LogP contribution in [0.5, 0.6) is 5.75 Å². The molecule has 6 rings (SSSR count). The molecule has 0 radical (unpaired) electrons. The summed E-state index contributed by atoms with van der Waals surface area (Å²) in [6.07, 6.45) is 5.35. The number of nitrogens with zero attached hydrogens (tertiary/aromatic N) is 6. The molecule has 0 bridgehead atoms. The number of anilines is 6. The number of rotatable bonds is 9. The number of nitrogens with one attached hydrogen (secondary N) is 4. The van der Waals surface area contributed by atoms with E-state index >= 15 is 0 Å². The first-order valence-corrected chi connectivity index (χ1v) is 17.4. The molecule has 0 aliphatic carbocycles. The molecule has 4 heterocycles. The minimum absolute atomic E-state index is 0.0861. The molecule has 0 unspecified atom stereocenters. The second-order valence-electron chi connectivity index (χ2n) is 11.4. The standard InChI is InChI=1S/C31H37N10O3P/c1-6-26(42)35-22-17-23(25(44-3)18-24(22)41-15-13-40(2)14-16-41)37-31-38-29-19(9-10-34-29)30(39-31)36-21-8-7-20-27(33-12-11-32-20)28(21)45(4,5)43/h7-12,17-18H,6,13-16H2,1-5H3,(H,35,42)(H3,34,36,37,38,39). The van der Waals surface area contributed by atoms with Crippen LogP contribution in [-0.2, 0) is 9.36 Å². The lowest BCUT2D eigenvalue weighted by Gasteiger charge is -2.35. The zero-order valence-electron chi connectivity index (χ0n) is 26.0. The second-order valence-corrected chi connectivity index (χ2v) is 14.5. The molecule has 1 saturated heterocycles. The molecule has 1 amide bonds. The smallest absolute Gasteiger partial charge is 0.231 e. The summed E-state index contributed by atoms with van der Waals surface area (Å²) in [7, 11) is 0.923. The first-order valence-electron chi connectivity index (χ1n) is 14.8. The predicted octanol–water partition coefficient (Wildman–Crippen LogP) is 4.75. The van der Waals surface area contributed by atoms with Crippen LogP contribution in [0, 0.1) is 0 Å². The van der Waals surface area contributed by atoms with E-state index in [9.17, 15) is 9.36 Å². The Labute approximate surface area is 261 Å². The number of amides is 1. The molecule has 0 saturated carbocycles. The average molecular weight is 629 g/mol. The first kappa shape index (κ1) is 30.3. The van der Waals surface area contributed by atoms with Gasteiger partial charge in [0.05, 0.1) is 46.1 Å². The number of carbonyl (C=O) groups is 1. The van der Waals surface area contributed by atoms with E-state index in [1.54, 1.807) is 39.0 Å². The Morgan fingerprint density at radius 3 is 2.51 bits per heavy atom. The van der Waals surface area contributed by atoms with Crippen LogP contribution >= 0.6 is 7.14 Å². The van der Waals surface area contributed by atoms with Crippen molar-refractivity contribution in [2.75, 3.05) is 74.5 Å². The van der Waals surface area contributed by atoms with Crippen molar-refractivity contribution >= 4 is 74.9 Å². The number of aromatic amines is 1. The van der Waals surface area contributed by atoms with Gasteiger partial charge < -0.3 is 40.0 Å². The minimum Gasteiger partial charge on any atom is -0.494 e. The Bertz CT molecular complexity index is 1930. The molecule has 2 aromatic carbocycles. The van der Waals surface area contributed by atoms with Gasteiger partial charge >= 0.3 is 0 Å². The normalized spacial score (nSPS) is 14.1. The van der Waals surface area contributed by atoms with E-state index in [-0.39, 0.29) is 5.91 Å². The minimum atomic E-state index is -2.79. The fourth-order valence-electron chi connectivity index (χ4n) is 5.49. The van der Waals surface area contributed by atoms with Crippen molar-refractivity contribution < 1.29 is 14.1 Å². The van der Waals surface area contributed by atoms with Crippen molar-refractivity contribution in [1.29, 1.82) is 0 Å². The van der Waals surface area contributed by atoms with Crippen molar-refractivity contribution in [3.8, 4) is 5.75 Å². The molecule has 13 nitrogen and oxygen atoms in total. The number of fused-ring (bicyclic) bond motifs is 2. The summed E-state index contributed by atoms with van der Waals surface area (Å²) in [5, 5.41) is 11.1. The van der Waals surface area contributed by atoms with Gasteiger partial charge in [-0.3, -0.25) is 14.8 Å². The van der Waals surface area contributed by atoms with Crippen molar-refractivity contribution in [2.45, 2.75) is 13.3 Å². The van der Waals surface area contributed by atoms with Gasteiger partial charge in [-0.15, -0.1) is 0 Å². The van der Waals surface area contributed by atoms with Crippen molar-refractivity contribution in [3.63, 3.8) is 0 Å². The van der Waals surface area contributed by atoms with Crippen LogP contribution in [-0.4, -0.2) is 89.4 Å². The SMILES string of the molecule is CCC(=O)Nc1cc(Nc2nc(Nc3ccc4nccnc4c3P(C)(C)=O)c3cc[nH]c3n2)c(OC)cc1N1CCN(C)CC1. The molecule has 5 aromatic rings. The van der Waals surface area contributed by atoms with Gasteiger partial charge in [-0.25, -0.2) is 0 Å². The quantitative estimate of drug-likeness (QED) is 0.167. The van der Waals surface area contributed by atoms with E-state index in [0.29, 0.717) is 63.0 Å². The summed E-state index contributed by atoms with van der Waals surface area (Å²) in [6, 6.07) is 9.37. The van der Waals surface area contributed by atoms with Gasteiger partial charge in [0.15, 0.2) is 0 Å². The molecular weight excluding hydrogens is 591 g/mol. The lowest BCUT2D eigenvalue weighted by molar-refractivity contribution is -0.115. The Morgan fingerprint density at radius 2 is 1.78 bits per heavy atom. The third-order valence-corrected chi connectivity index (χ3v) is 9.35. The predicted molar refractivity (Wildman–Crippen MR) is 181 cm³/mol. The van der Waals surface area contributed by atoms with E-state index in [0.717, 1.165) is 37.3 Å². The number of piperazine rings is 1. The van der Waals surface area contributed by atoms with Crippen LogP contribution in [0.4, 0.5) is 34.5 Å². The van der Waals surface area contributed by atoms with Crippen LogP contribution in [0.15, 0.2) is 48.9 Å². The van der Waals surface area contributed by atoms with Crippen LogP contribution in [0.3, 0.4) is 0 Å². The topological polar surface area (TPSA) is 153 Å². The summed E-state index contributed by atoms with van der Waals surface area (Å²) in [5.41, 5.74) is 4.63.